The molecule has 0 heterocycles. The number of urea groups is 1. The lowest BCUT2D eigenvalue weighted by atomic mass is 10.3. The molecule has 2 unspecified atom stereocenters. The first-order valence-corrected chi connectivity index (χ1v) is 13.6. The second-order valence-electron chi connectivity index (χ2n) is 7.08. The Balaban J connectivity index is 4.12. The number of carbonyl (C=O) groups excluding carboxylic acids is 3. The number of rotatable bonds is 20. The monoisotopic (exact) mass is 566 g/mol. The van der Waals surface area contributed by atoms with Crippen LogP contribution in [0.5, 0.6) is 0 Å². The number of phosphoric acid groups is 2. The van der Waals surface area contributed by atoms with Crippen molar-refractivity contribution in [2.45, 2.75) is 25.9 Å². The fraction of sp³-hybridized carbons (Fsp3) is 0.824. The molecule has 17 nitrogen and oxygen atoms in total. The van der Waals surface area contributed by atoms with E-state index in [1.807, 2.05) is 0 Å². The second-order valence-corrected chi connectivity index (χ2v) is 9.99. The molecule has 0 aromatic heterocycles. The van der Waals surface area contributed by atoms with Gasteiger partial charge in [0.1, 0.15) is 0 Å². The first kappa shape index (κ1) is 34.4. The minimum absolute atomic E-state index is 0.0499. The molecule has 212 valence electrons. The maximum atomic E-state index is 11.9. The molecule has 0 spiro atoms. The van der Waals surface area contributed by atoms with Gasteiger partial charge in [0.05, 0.1) is 51.7 Å². The Bertz CT molecular complexity index is 713. The molecule has 0 aromatic rings. The molecule has 0 fully saturated rings. The molecule has 0 aliphatic rings. The van der Waals surface area contributed by atoms with Crippen LogP contribution in [0.25, 0.3) is 0 Å². The zero-order valence-corrected chi connectivity index (χ0v) is 22.4. The molecule has 19 heteroatoms. The van der Waals surface area contributed by atoms with Crippen LogP contribution >= 0.6 is 15.6 Å². The Morgan fingerprint density at radius 2 is 1.06 bits per heavy atom. The van der Waals surface area contributed by atoms with Gasteiger partial charge < -0.3 is 40.5 Å². The van der Waals surface area contributed by atoms with E-state index in [1.165, 1.54) is 28.1 Å². The van der Waals surface area contributed by atoms with Crippen LogP contribution in [-0.4, -0.2) is 107 Å². The molecule has 0 saturated carbocycles. The number of nitrogens with one attached hydrogen (secondary N) is 4. The van der Waals surface area contributed by atoms with Crippen LogP contribution in [-0.2, 0) is 46.3 Å². The largest absolute Gasteiger partial charge is 0.472 e. The molecule has 0 rings (SSSR count). The van der Waals surface area contributed by atoms with Crippen LogP contribution in [0.4, 0.5) is 4.79 Å². The summed E-state index contributed by atoms with van der Waals surface area (Å²) in [5, 5.41) is 9.61. The van der Waals surface area contributed by atoms with E-state index < -0.39 is 33.8 Å². The SMILES string of the molecule is COC[C@@H](COP(=O)(O)OCCNC(=O)NCCOP(=O)(O)OC[C@H](COC)NC(C)=O)NC(C)=O. The van der Waals surface area contributed by atoms with Crippen LogP contribution in [0.2, 0.25) is 0 Å². The minimum Gasteiger partial charge on any atom is -0.382 e. The molecule has 0 aliphatic carbocycles. The van der Waals surface area contributed by atoms with Crippen LogP contribution < -0.4 is 21.3 Å². The summed E-state index contributed by atoms with van der Waals surface area (Å²) in [6.45, 7) is 0.882. The number of methoxy groups -OCH3 is 2. The molecule has 0 saturated heterocycles. The predicted octanol–water partition coefficient (Wildman–Crippen LogP) is -1.14. The van der Waals surface area contributed by atoms with E-state index in [2.05, 4.69) is 21.3 Å². The number of ether oxygens (including phenoxy) is 2. The summed E-state index contributed by atoms with van der Waals surface area (Å²) < 4.78 is 52.5. The zero-order chi connectivity index (χ0) is 27.6. The lowest BCUT2D eigenvalue weighted by molar-refractivity contribution is -0.121. The summed E-state index contributed by atoms with van der Waals surface area (Å²) in [7, 11) is -6.12. The quantitative estimate of drug-likeness (QED) is 0.0757. The van der Waals surface area contributed by atoms with Crippen molar-refractivity contribution < 1.29 is 60.9 Å². The van der Waals surface area contributed by atoms with Crippen molar-refractivity contribution in [2.75, 3.05) is 67.0 Å². The van der Waals surface area contributed by atoms with Crippen LogP contribution in [0.1, 0.15) is 13.8 Å². The Hall–Kier alpha value is -1.65. The van der Waals surface area contributed by atoms with Gasteiger partial charge in [-0.1, -0.05) is 0 Å². The van der Waals surface area contributed by atoms with Gasteiger partial charge in [0, 0.05) is 41.2 Å². The summed E-state index contributed by atoms with van der Waals surface area (Å²) in [4.78, 5) is 53.2. The third kappa shape index (κ3) is 19.5. The van der Waals surface area contributed by atoms with Crippen molar-refractivity contribution in [2.24, 2.45) is 0 Å². The number of phosphoric ester groups is 2. The van der Waals surface area contributed by atoms with Gasteiger partial charge in [0.25, 0.3) is 0 Å². The minimum atomic E-state index is -4.45. The highest BCUT2D eigenvalue weighted by Gasteiger charge is 2.25. The van der Waals surface area contributed by atoms with Gasteiger partial charge in [-0.05, 0) is 0 Å². The van der Waals surface area contributed by atoms with Crippen molar-refractivity contribution >= 4 is 33.5 Å². The summed E-state index contributed by atoms with van der Waals surface area (Å²) in [6.07, 6.45) is 0. The van der Waals surface area contributed by atoms with E-state index in [0.717, 1.165) is 0 Å². The summed E-state index contributed by atoms with van der Waals surface area (Å²) in [5.41, 5.74) is 0. The second kappa shape index (κ2) is 18.6. The molecule has 0 aliphatic heterocycles. The highest BCUT2D eigenvalue weighted by molar-refractivity contribution is 7.47. The third-order valence-electron chi connectivity index (χ3n) is 3.71. The zero-order valence-electron chi connectivity index (χ0n) is 20.6. The van der Waals surface area contributed by atoms with Gasteiger partial charge in [0.15, 0.2) is 0 Å². The number of hydrogen-bond acceptors (Lipinski definition) is 11. The predicted molar refractivity (Wildman–Crippen MR) is 124 cm³/mol. The van der Waals surface area contributed by atoms with E-state index in [9.17, 15) is 33.3 Å². The molecule has 4 atom stereocenters. The van der Waals surface area contributed by atoms with E-state index in [4.69, 9.17) is 27.6 Å². The van der Waals surface area contributed by atoms with Gasteiger partial charge in [-0.15, -0.1) is 0 Å². The first-order valence-electron chi connectivity index (χ1n) is 10.6. The average Bonchev–Trinajstić information content (AvgIpc) is 2.76. The average molecular weight is 566 g/mol. The Morgan fingerprint density at radius 3 is 1.36 bits per heavy atom. The lowest BCUT2D eigenvalue weighted by Crippen LogP contribution is -2.40. The van der Waals surface area contributed by atoms with Gasteiger partial charge in [-0.2, -0.15) is 0 Å². The fourth-order valence-corrected chi connectivity index (χ4v) is 3.93. The normalized spacial score (nSPS) is 16.2. The van der Waals surface area contributed by atoms with Gasteiger partial charge in [-0.25, -0.2) is 13.9 Å². The van der Waals surface area contributed by atoms with E-state index >= 15 is 0 Å². The highest BCUT2D eigenvalue weighted by atomic mass is 31.2. The topological polar surface area (TPSA) is 229 Å². The van der Waals surface area contributed by atoms with Crippen molar-refractivity contribution in [3.05, 3.63) is 0 Å². The lowest BCUT2D eigenvalue weighted by Gasteiger charge is -2.19. The fourth-order valence-electron chi connectivity index (χ4n) is 2.40. The molecule has 6 N–H and O–H groups in total. The van der Waals surface area contributed by atoms with Crippen molar-refractivity contribution in [1.82, 2.24) is 21.3 Å². The Morgan fingerprint density at radius 1 is 0.694 bits per heavy atom. The van der Waals surface area contributed by atoms with Crippen LogP contribution in [0.15, 0.2) is 0 Å². The maximum absolute atomic E-state index is 11.9. The molecule has 0 radical (unpaired) electrons. The number of carbonyl (C=O) groups is 3. The Kier molecular flexibility index (Phi) is 17.7. The third-order valence-corrected chi connectivity index (χ3v) is 5.68. The molecular formula is C17H36N4O13P2. The molecule has 36 heavy (non-hydrogen) atoms. The Labute approximate surface area is 209 Å². The first-order chi connectivity index (χ1) is 16.8. The number of hydrogen-bond donors (Lipinski definition) is 6. The van der Waals surface area contributed by atoms with E-state index in [1.54, 1.807) is 0 Å². The molecule has 4 amide bonds. The molecule has 0 aromatic carbocycles. The van der Waals surface area contributed by atoms with Gasteiger partial charge in [0.2, 0.25) is 11.8 Å². The number of amides is 4. The maximum Gasteiger partial charge on any atom is 0.472 e. The standard InChI is InChI=1S/C17H36N4O13P2/c1-13(22)20-15(9-29-3)11-33-35(25,26)31-7-5-18-17(24)19-6-8-32-36(27,28)34-12-16(10-30-4)21-14(2)23/h15-16H,5-12H2,1-4H3,(H,20,22)(H,21,23)(H,25,26)(H,27,28)(H2,18,19,24)/t15-,16-/m0/s1. The van der Waals surface area contributed by atoms with Crippen molar-refractivity contribution in [3.8, 4) is 0 Å². The van der Waals surface area contributed by atoms with Gasteiger partial charge >= 0.3 is 21.7 Å². The van der Waals surface area contributed by atoms with Crippen LogP contribution in [0.3, 0.4) is 0 Å². The summed E-state index contributed by atoms with van der Waals surface area (Å²) >= 11 is 0. The smallest absolute Gasteiger partial charge is 0.382 e. The van der Waals surface area contributed by atoms with Crippen LogP contribution in [0, 0.1) is 0 Å². The van der Waals surface area contributed by atoms with Gasteiger partial charge in [-0.3, -0.25) is 27.7 Å². The highest BCUT2D eigenvalue weighted by Crippen LogP contribution is 2.43. The van der Waals surface area contributed by atoms with E-state index in [0.29, 0.717) is 0 Å². The summed E-state index contributed by atoms with van der Waals surface area (Å²) in [5.74, 6) is -0.746. The van der Waals surface area contributed by atoms with Crippen molar-refractivity contribution in [1.29, 1.82) is 0 Å². The molecule has 0 bridgehead atoms. The van der Waals surface area contributed by atoms with Crippen molar-refractivity contribution in [3.63, 3.8) is 0 Å². The molecular weight excluding hydrogens is 530 g/mol. The summed E-state index contributed by atoms with van der Waals surface area (Å²) in [6, 6.07) is -2.03. The van der Waals surface area contributed by atoms with E-state index in [-0.39, 0.29) is 64.5 Å².